The van der Waals surface area contributed by atoms with Crippen molar-refractivity contribution in [2.24, 2.45) is 11.1 Å². The summed E-state index contributed by atoms with van der Waals surface area (Å²) in [5.41, 5.74) is 5.44. The van der Waals surface area contributed by atoms with Crippen molar-refractivity contribution in [2.45, 2.75) is 13.3 Å². The maximum absolute atomic E-state index is 11.1. The Hall–Kier alpha value is -1.55. The summed E-state index contributed by atoms with van der Waals surface area (Å²) in [4.78, 5) is 11.1. The van der Waals surface area contributed by atoms with E-state index in [4.69, 9.17) is 15.6 Å². The number of para-hydroxylation sites is 1. The first kappa shape index (κ1) is 12.5. The van der Waals surface area contributed by atoms with Gasteiger partial charge < -0.3 is 15.6 Å². The maximum Gasteiger partial charge on any atom is 0.310 e. The maximum atomic E-state index is 11.1. The largest absolute Gasteiger partial charge is 0.496 e. The number of benzene rings is 1. The summed E-state index contributed by atoms with van der Waals surface area (Å²) in [5, 5.41) is 9.14. The Kier molecular flexibility index (Phi) is 3.90. The van der Waals surface area contributed by atoms with Crippen LogP contribution >= 0.6 is 0 Å². The van der Waals surface area contributed by atoms with E-state index in [1.807, 2.05) is 24.3 Å². The Balaban J connectivity index is 2.98. The van der Waals surface area contributed by atoms with Gasteiger partial charge in [0.05, 0.1) is 12.5 Å². The van der Waals surface area contributed by atoms with Gasteiger partial charge in [-0.05, 0) is 25.0 Å². The van der Waals surface area contributed by atoms with Crippen LogP contribution < -0.4 is 10.5 Å². The Morgan fingerprint density at radius 3 is 2.62 bits per heavy atom. The molecule has 0 radical (unpaired) electrons. The SMILES string of the molecule is COc1ccccc1CC(C)(CN)C(=O)O. The average molecular weight is 223 g/mol. The van der Waals surface area contributed by atoms with Crippen molar-refractivity contribution < 1.29 is 14.6 Å². The quantitative estimate of drug-likeness (QED) is 0.788. The fourth-order valence-electron chi connectivity index (χ4n) is 1.50. The second kappa shape index (κ2) is 4.99. The minimum Gasteiger partial charge on any atom is -0.496 e. The molecule has 0 heterocycles. The zero-order valence-corrected chi connectivity index (χ0v) is 9.56. The number of carboxylic acids is 1. The Morgan fingerprint density at radius 1 is 1.50 bits per heavy atom. The molecule has 0 aliphatic heterocycles. The molecule has 0 bridgehead atoms. The fraction of sp³-hybridized carbons (Fsp3) is 0.417. The molecule has 1 atom stereocenters. The second-order valence-corrected chi connectivity index (χ2v) is 4.06. The number of ether oxygens (including phenoxy) is 1. The minimum absolute atomic E-state index is 0.0976. The Labute approximate surface area is 95.0 Å². The normalized spacial score (nSPS) is 14.2. The number of methoxy groups -OCH3 is 1. The molecule has 1 unspecified atom stereocenters. The van der Waals surface area contributed by atoms with E-state index in [2.05, 4.69) is 0 Å². The predicted molar refractivity (Wildman–Crippen MR) is 61.5 cm³/mol. The molecular weight excluding hydrogens is 206 g/mol. The molecule has 88 valence electrons. The number of hydrogen-bond donors (Lipinski definition) is 2. The van der Waals surface area contributed by atoms with Crippen LogP contribution in [0.25, 0.3) is 0 Å². The highest BCUT2D eigenvalue weighted by atomic mass is 16.5. The first-order chi connectivity index (χ1) is 7.53. The lowest BCUT2D eigenvalue weighted by atomic mass is 9.83. The molecule has 0 saturated carbocycles. The molecular formula is C12H17NO3. The van der Waals surface area contributed by atoms with Crippen molar-refractivity contribution in [1.82, 2.24) is 0 Å². The highest BCUT2D eigenvalue weighted by Gasteiger charge is 2.32. The fourth-order valence-corrected chi connectivity index (χ4v) is 1.50. The lowest BCUT2D eigenvalue weighted by Crippen LogP contribution is -2.37. The van der Waals surface area contributed by atoms with Crippen molar-refractivity contribution in [3.8, 4) is 5.75 Å². The van der Waals surface area contributed by atoms with Crippen LogP contribution in [0.2, 0.25) is 0 Å². The van der Waals surface area contributed by atoms with Gasteiger partial charge in [0, 0.05) is 6.54 Å². The van der Waals surface area contributed by atoms with Crippen LogP contribution in [0.4, 0.5) is 0 Å². The predicted octanol–water partition coefficient (Wildman–Crippen LogP) is 1.29. The third kappa shape index (κ3) is 2.52. The molecule has 0 amide bonds. The Morgan fingerprint density at radius 2 is 2.12 bits per heavy atom. The van der Waals surface area contributed by atoms with Gasteiger partial charge in [-0.2, -0.15) is 0 Å². The number of carbonyl (C=O) groups is 1. The number of aliphatic carboxylic acids is 1. The second-order valence-electron chi connectivity index (χ2n) is 4.06. The van der Waals surface area contributed by atoms with Gasteiger partial charge in [-0.15, -0.1) is 0 Å². The van der Waals surface area contributed by atoms with E-state index in [1.165, 1.54) is 0 Å². The average Bonchev–Trinajstić information content (AvgIpc) is 2.29. The van der Waals surface area contributed by atoms with Gasteiger partial charge in [-0.1, -0.05) is 18.2 Å². The summed E-state index contributed by atoms with van der Waals surface area (Å²) in [6.45, 7) is 1.74. The third-order valence-corrected chi connectivity index (χ3v) is 2.74. The molecule has 4 heteroatoms. The summed E-state index contributed by atoms with van der Waals surface area (Å²) < 4.78 is 5.18. The van der Waals surface area contributed by atoms with Crippen molar-refractivity contribution >= 4 is 5.97 Å². The Bertz CT molecular complexity index is 378. The lowest BCUT2D eigenvalue weighted by molar-refractivity contribution is -0.147. The first-order valence-corrected chi connectivity index (χ1v) is 5.09. The molecule has 1 rings (SSSR count). The van der Waals surface area contributed by atoms with Crippen LogP contribution in [0.1, 0.15) is 12.5 Å². The van der Waals surface area contributed by atoms with Gasteiger partial charge in [0.2, 0.25) is 0 Å². The van der Waals surface area contributed by atoms with E-state index in [-0.39, 0.29) is 6.54 Å². The summed E-state index contributed by atoms with van der Waals surface area (Å²) in [6.07, 6.45) is 0.364. The molecule has 4 nitrogen and oxygen atoms in total. The smallest absolute Gasteiger partial charge is 0.310 e. The summed E-state index contributed by atoms with van der Waals surface area (Å²) >= 11 is 0. The molecule has 0 aliphatic rings. The van der Waals surface area contributed by atoms with E-state index in [0.717, 1.165) is 5.56 Å². The molecule has 0 spiro atoms. The number of rotatable bonds is 5. The first-order valence-electron chi connectivity index (χ1n) is 5.09. The highest BCUT2D eigenvalue weighted by molar-refractivity contribution is 5.75. The highest BCUT2D eigenvalue weighted by Crippen LogP contribution is 2.27. The summed E-state index contributed by atoms with van der Waals surface area (Å²) in [5.74, 6) is -0.190. The van der Waals surface area contributed by atoms with E-state index in [9.17, 15) is 4.79 Å². The zero-order chi connectivity index (χ0) is 12.2. The molecule has 0 aromatic heterocycles. The van der Waals surface area contributed by atoms with Gasteiger partial charge in [-0.3, -0.25) is 4.79 Å². The molecule has 16 heavy (non-hydrogen) atoms. The summed E-state index contributed by atoms with van der Waals surface area (Å²) in [6, 6.07) is 7.38. The third-order valence-electron chi connectivity index (χ3n) is 2.74. The monoisotopic (exact) mass is 223 g/mol. The van der Waals surface area contributed by atoms with Gasteiger partial charge in [-0.25, -0.2) is 0 Å². The summed E-state index contributed by atoms with van der Waals surface area (Å²) in [7, 11) is 1.57. The minimum atomic E-state index is -0.950. The van der Waals surface area contributed by atoms with Gasteiger partial charge in [0.15, 0.2) is 0 Å². The van der Waals surface area contributed by atoms with Crippen molar-refractivity contribution in [1.29, 1.82) is 0 Å². The van der Waals surface area contributed by atoms with Crippen LogP contribution in [-0.2, 0) is 11.2 Å². The van der Waals surface area contributed by atoms with Crippen LogP contribution in [-0.4, -0.2) is 24.7 Å². The molecule has 1 aromatic rings. The van der Waals surface area contributed by atoms with Gasteiger partial charge in [0.25, 0.3) is 0 Å². The van der Waals surface area contributed by atoms with E-state index < -0.39 is 11.4 Å². The topological polar surface area (TPSA) is 72.5 Å². The molecule has 0 saturated heterocycles. The van der Waals surface area contributed by atoms with Crippen LogP contribution in [0.15, 0.2) is 24.3 Å². The van der Waals surface area contributed by atoms with Crippen molar-refractivity contribution in [3.63, 3.8) is 0 Å². The van der Waals surface area contributed by atoms with Gasteiger partial charge >= 0.3 is 5.97 Å². The number of carboxylic acid groups (broad SMARTS) is 1. The number of nitrogens with two attached hydrogens (primary N) is 1. The van der Waals surface area contributed by atoms with E-state index >= 15 is 0 Å². The molecule has 0 fully saturated rings. The zero-order valence-electron chi connectivity index (χ0n) is 9.56. The van der Waals surface area contributed by atoms with Crippen LogP contribution in [0.5, 0.6) is 5.75 Å². The van der Waals surface area contributed by atoms with E-state index in [1.54, 1.807) is 14.0 Å². The standard InChI is InChI=1S/C12H17NO3/c1-12(8-13,11(14)15)7-9-5-3-4-6-10(9)16-2/h3-6H,7-8,13H2,1-2H3,(H,14,15). The van der Waals surface area contributed by atoms with E-state index in [0.29, 0.717) is 12.2 Å². The van der Waals surface area contributed by atoms with Crippen molar-refractivity contribution in [2.75, 3.05) is 13.7 Å². The molecule has 1 aromatic carbocycles. The van der Waals surface area contributed by atoms with Crippen LogP contribution in [0.3, 0.4) is 0 Å². The van der Waals surface area contributed by atoms with Gasteiger partial charge in [0.1, 0.15) is 5.75 Å². The lowest BCUT2D eigenvalue weighted by Gasteiger charge is -2.23. The number of hydrogen-bond acceptors (Lipinski definition) is 3. The molecule has 0 aliphatic carbocycles. The molecule has 3 N–H and O–H groups in total. The van der Waals surface area contributed by atoms with Crippen LogP contribution in [0, 0.1) is 5.41 Å². The van der Waals surface area contributed by atoms with Crippen molar-refractivity contribution in [3.05, 3.63) is 29.8 Å².